The summed E-state index contributed by atoms with van der Waals surface area (Å²) in [5.41, 5.74) is 4.09. The summed E-state index contributed by atoms with van der Waals surface area (Å²) in [7, 11) is 3.77. The fourth-order valence-electron chi connectivity index (χ4n) is 5.04. The van der Waals surface area contributed by atoms with Crippen molar-refractivity contribution in [2.24, 2.45) is 5.92 Å². The molecule has 196 valence electrons. The van der Waals surface area contributed by atoms with Gasteiger partial charge in [-0.05, 0) is 56.3 Å². The molecule has 1 saturated heterocycles. The van der Waals surface area contributed by atoms with Crippen LogP contribution in [0.15, 0.2) is 42.9 Å². The average Bonchev–Trinajstić information content (AvgIpc) is 3.48. The van der Waals surface area contributed by atoms with Crippen molar-refractivity contribution in [1.29, 1.82) is 0 Å². The number of aromatic nitrogens is 4. The summed E-state index contributed by atoms with van der Waals surface area (Å²) in [5.74, 6) is 1.37. The third kappa shape index (κ3) is 4.91. The van der Waals surface area contributed by atoms with Gasteiger partial charge in [0.15, 0.2) is 5.78 Å². The Bertz CT molecular complexity index is 1440. The molecule has 0 unspecified atom stereocenters. The molecule has 2 atom stereocenters. The maximum absolute atomic E-state index is 13.8. The van der Waals surface area contributed by atoms with Gasteiger partial charge in [0.2, 0.25) is 0 Å². The molecule has 37 heavy (non-hydrogen) atoms. The molecule has 2 aliphatic rings. The Hall–Kier alpha value is -2.78. The largest absolute Gasteiger partial charge is 0.497 e. The first kappa shape index (κ1) is 27.3. The Kier molecular flexibility index (Phi) is 8.04. The van der Waals surface area contributed by atoms with Gasteiger partial charge in [-0.1, -0.05) is 11.6 Å². The molecule has 0 saturated carbocycles. The normalized spacial score (nSPS) is 18.7. The minimum absolute atomic E-state index is 0. The van der Waals surface area contributed by atoms with Gasteiger partial charge in [-0.15, -0.1) is 24.8 Å². The highest BCUT2D eigenvalue weighted by Gasteiger charge is 2.31. The van der Waals surface area contributed by atoms with Gasteiger partial charge in [-0.3, -0.25) is 14.9 Å². The molecule has 4 aromatic rings. The molecule has 0 radical (unpaired) electrons. The van der Waals surface area contributed by atoms with Crippen LogP contribution >= 0.6 is 36.4 Å². The summed E-state index contributed by atoms with van der Waals surface area (Å²) < 4.78 is 13.5. The van der Waals surface area contributed by atoms with Crippen LogP contribution in [-0.2, 0) is 13.0 Å². The fourth-order valence-corrected chi connectivity index (χ4v) is 5.24. The number of pyridine rings is 1. The number of hydrogen-bond donors (Lipinski definition) is 1. The zero-order valence-electron chi connectivity index (χ0n) is 20.4. The first-order chi connectivity index (χ1) is 17.0. The van der Waals surface area contributed by atoms with E-state index < -0.39 is 0 Å². The maximum Gasteiger partial charge on any atom is 0.171 e. The Morgan fingerprint density at radius 3 is 2.78 bits per heavy atom. The van der Waals surface area contributed by atoms with E-state index in [1.807, 2.05) is 30.5 Å². The highest BCUT2D eigenvalue weighted by molar-refractivity contribution is 6.32. The Morgan fingerprint density at radius 1 is 1.27 bits per heavy atom. The molecule has 1 N–H and O–H groups in total. The molecule has 0 spiro atoms. The zero-order chi connectivity index (χ0) is 24.1. The second-order valence-electron chi connectivity index (χ2n) is 9.35. The number of methoxy groups -OCH3 is 1. The number of likely N-dealkylation sites (N-methyl/N-ethyl adjacent to an activating group) is 1. The van der Waals surface area contributed by atoms with Crippen molar-refractivity contribution in [3.05, 3.63) is 59.1 Å². The van der Waals surface area contributed by atoms with Crippen molar-refractivity contribution in [3.8, 4) is 22.8 Å². The predicted octanol–water partition coefficient (Wildman–Crippen LogP) is 5.07. The first-order valence-electron chi connectivity index (χ1n) is 11.7. The van der Waals surface area contributed by atoms with E-state index in [2.05, 4.69) is 31.7 Å². The van der Waals surface area contributed by atoms with Crippen LogP contribution in [0.5, 0.6) is 11.5 Å². The quantitative estimate of drug-likeness (QED) is 0.329. The number of ether oxygens (including phenoxy) is 2. The molecule has 11 heteroatoms. The van der Waals surface area contributed by atoms with Gasteiger partial charge in [0.05, 0.1) is 42.6 Å². The number of fused-ring (bicyclic) bond motifs is 2. The number of carbonyl (C=O) groups is 1. The summed E-state index contributed by atoms with van der Waals surface area (Å²) in [4.78, 5) is 20.8. The molecule has 2 aliphatic heterocycles. The number of halogens is 3. The molecule has 0 bridgehead atoms. The molecule has 1 fully saturated rings. The van der Waals surface area contributed by atoms with E-state index in [4.69, 9.17) is 21.1 Å². The minimum Gasteiger partial charge on any atom is -0.497 e. The standard InChI is InChI=1S/C26H26ClN5O3.2ClH/c1-31-6-5-17(31)12-32-13-21(19-10-28-22(9-23(19)32)20-11-29-30-26(20)27)25(33)16-7-15-8-18(34-2)3-4-24(15)35-14-16;;/h3-4,8-11,13,16-17H,5-7,12,14H2,1-2H3,(H,29,30);2*1H/t16-,17-;;/m0../s1. The van der Waals surface area contributed by atoms with Crippen LogP contribution in [0.3, 0.4) is 0 Å². The van der Waals surface area contributed by atoms with E-state index in [1.54, 1.807) is 19.5 Å². The third-order valence-electron chi connectivity index (χ3n) is 7.29. The average molecular weight is 565 g/mol. The zero-order valence-corrected chi connectivity index (χ0v) is 22.8. The number of benzene rings is 1. The molecule has 1 aromatic carbocycles. The maximum atomic E-state index is 13.8. The highest BCUT2D eigenvalue weighted by Crippen LogP contribution is 2.35. The van der Waals surface area contributed by atoms with E-state index in [0.29, 0.717) is 29.8 Å². The summed E-state index contributed by atoms with van der Waals surface area (Å²) in [6.45, 7) is 2.26. The number of carbonyl (C=O) groups excluding carboxylic acids is 1. The summed E-state index contributed by atoms with van der Waals surface area (Å²) in [5, 5.41) is 8.06. The highest BCUT2D eigenvalue weighted by atomic mass is 35.5. The number of rotatable bonds is 6. The predicted molar refractivity (Wildman–Crippen MR) is 148 cm³/mol. The van der Waals surface area contributed by atoms with Crippen LogP contribution in [0.4, 0.5) is 0 Å². The van der Waals surface area contributed by atoms with Crippen LogP contribution in [0, 0.1) is 5.92 Å². The lowest BCUT2D eigenvalue weighted by Gasteiger charge is -2.38. The summed E-state index contributed by atoms with van der Waals surface area (Å²) in [6.07, 6.45) is 7.19. The molecule has 6 rings (SSSR count). The number of ketones is 1. The van der Waals surface area contributed by atoms with E-state index in [0.717, 1.165) is 58.7 Å². The first-order valence-corrected chi connectivity index (χ1v) is 12.1. The smallest absolute Gasteiger partial charge is 0.171 e. The van der Waals surface area contributed by atoms with Gasteiger partial charge in [-0.2, -0.15) is 5.10 Å². The Balaban J connectivity index is 0.00000160. The van der Waals surface area contributed by atoms with Crippen molar-refractivity contribution in [1.82, 2.24) is 24.6 Å². The number of likely N-dealkylation sites (tertiary alicyclic amines) is 1. The molecular weight excluding hydrogens is 537 g/mol. The second-order valence-corrected chi connectivity index (χ2v) is 9.73. The van der Waals surface area contributed by atoms with E-state index in [9.17, 15) is 4.79 Å². The van der Waals surface area contributed by atoms with Gasteiger partial charge < -0.3 is 18.9 Å². The van der Waals surface area contributed by atoms with Gasteiger partial charge in [-0.25, -0.2) is 0 Å². The lowest BCUT2D eigenvalue weighted by molar-refractivity contribution is 0.0855. The van der Waals surface area contributed by atoms with Crippen LogP contribution in [0.2, 0.25) is 5.15 Å². The van der Waals surface area contributed by atoms with E-state index >= 15 is 0 Å². The molecule has 3 aromatic heterocycles. The van der Waals surface area contributed by atoms with Crippen molar-refractivity contribution < 1.29 is 14.3 Å². The number of aromatic amines is 1. The summed E-state index contributed by atoms with van der Waals surface area (Å²) >= 11 is 6.27. The number of nitrogens with zero attached hydrogens (tertiary/aromatic N) is 4. The lowest BCUT2D eigenvalue weighted by Crippen LogP contribution is -2.46. The Morgan fingerprint density at radius 2 is 2.11 bits per heavy atom. The van der Waals surface area contributed by atoms with Crippen LogP contribution in [0.25, 0.3) is 22.2 Å². The minimum atomic E-state index is -0.275. The van der Waals surface area contributed by atoms with Gasteiger partial charge in [0.1, 0.15) is 16.7 Å². The molecule has 8 nitrogen and oxygen atoms in total. The van der Waals surface area contributed by atoms with Gasteiger partial charge in [0.25, 0.3) is 0 Å². The second kappa shape index (κ2) is 10.9. The summed E-state index contributed by atoms with van der Waals surface area (Å²) in [6, 6.07) is 8.18. The van der Waals surface area contributed by atoms with Crippen molar-refractivity contribution in [3.63, 3.8) is 0 Å². The molecular formula is C26H28Cl3N5O3. The number of nitrogens with one attached hydrogen (secondary N) is 1. The van der Waals surface area contributed by atoms with Crippen LogP contribution in [0.1, 0.15) is 22.3 Å². The SMILES string of the molecule is COc1ccc2c(c1)C[C@H](C(=O)c1cn(C[C@@H]3CCN3C)c3cc(-c4cn[nH]c4Cl)ncc13)CO2.Cl.Cl. The number of hydrogen-bond acceptors (Lipinski definition) is 6. The Labute approximate surface area is 232 Å². The van der Waals surface area contributed by atoms with E-state index in [1.165, 1.54) is 0 Å². The monoisotopic (exact) mass is 563 g/mol. The van der Waals surface area contributed by atoms with Crippen molar-refractivity contribution in [2.45, 2.75) is 25.4 Å². The third-order valence-corrected chi connectivity index (χ3v) is 7.58. The van der Waals surface area contributed by atoms with Gasteiger partial charge >= 0.3 is 0 Å². The van der Waals surface area contributed by atoms with Gasteiger partial charge in [0, 0.05) is 35.9 Å². The molecule has 5 heterocycles. The van der Waals surface area contributed by atoms with Crippen LogP contribution in [-0.4, -0.2) is 63.8 Å². The van der Waals surface area contributed by atoms with Crippen LogP contribution < -0.4 is 9.47 Å². The lowest BCUT2D eigenvalue weighted by atomic mass is 9.89. The topological polar surface area (TPSA) is 85.3 Å². The molecule has 0 amide bonds. The molecule has 0 aliphatic carbocycles. The fraction of sp³-hybridized carbons (Fsp3) is 0.346. The number of H-pyrrole nitrogens is 1. The van der Waals surface area contributed by atoms with Crippen molar-refractivity contribution >= 4 is 53.1 Å². The number of Topliss-reactive ketones (excluding diaryl/α,β-unsaturated/α-hetero) is 1. The van der Waals surface area contributed by atoms with Crippen molar-refractivity contribution in [2.75, 3.05) is 27.3 Å². The van der Waals surface area contributed by atoms with E-state index in [-0.39, 0.29) is 36.5 Å².